The van der Waals surface area contributed by atoms with E-state index in [4.69, 9.17) is 0 Å². The van der Waals surface area contributed by atoms with Crippen LogP contribution in [0.2, 0.25) is 0 Å². The van der Waals surface area contributed by atoms with E-state index in [2.05, 4.69) is 27.7 Å². The van der Waals surface area contributed by atoms with Gasteiger partial charge in [0.05, 0.1) is 67.6 Å². The molecule has 0 aromatic heterocycles. The van der Waals surface area contributed by atoms with Gasteiger partial charge in [-0.15, -0.1) is 0 Å². The Balaban J connectivity index is 0.000000404. The largest absolute Gasteiger partial charge is 2.00 e. The Kier molecular flexibility index (Phi) is 55.8. The molecule has 2 radical (unpaired) electrons. The number of aliphatic carboxylic acids is 4. The number of unbranched alkanes of at least 4 members (excludes halogenated alkanes) is 36. The number of carboxylic acids is 4. The van der Waals surface area contributed by atoms with Gasteiger partial charge in [0.2, 0.25) is 40.1 Å². The van der Waals surface area contributed by atoms with Crippen molar-refractivity contribution in [2.45, 2.75) is 405 Å². The average molecular weight is 1900 g/mol. The minimum atomic E-state index is -3.78. The molecule has 118 heavy (non-hydrogen) atoms. The van der Waals surface area contributed by atoms with Crippen molar-refractivity contribution in [1.29, 1.82) is 0 Å². The second-order valence-corrected chi connectivity index (χ2v) is 40.2. The van der Waals surface area contributed by atoms with Crippen molar-refractivity contribution in [3.05, 3.63) is 119 Å². The number of carboxylic acid groups (broad SMARTS) is 4. The van der Waals surface area contributed by atoms with E-state index in [1.165, 1.54) is 231 Å². The van der Waals surface area contributed by atoms with Crippen LogP contribution in [0.4, 0.5) is 0 Å². The smallest absolute Gasteiger partial charge is 0.548 e. The molecule has 4 saturated heterocycles. The maximum atomic E-state index is 12.7. The second-order valence-electron chi connectivity index (χ2n) is 32.7. The molecule has 670 valence electrons. The number of sulfonamides is 4. The summed E-state index contributed by atoms with van der Waals surface area (Å²) in [5, 5.41) is 44.8. The van der Waals surface area contributed by atoms with Crippen LogP contribution in [0.5, 0.6) is 0 Å². The Bertz CT molecular complexity index is 3380. The SMILES string of the molecule is CCCCCCCCCCCCc1ccc(S(=O)(=O)N2CCCC2C(=O)[O-])cc1.CCCCCCCCCCCCc1ccc(S(=O)(=O)N2CCCC2C(=O)[O-])cc1.CCCCCCCCCCCCc1ccc(S(=O)(=O)N2CCCC2C(=O)[O-])cc1.CCCCCCCCCCCCc1ccc(S(=O)(=O)N2CCCC2C(=O)[O-])cc1.[Rh+2].[Rh+2]. The zero-order valence-electron chi connectivity index (χ0n) is 71.8. The molecule has 4 aromatic rings. The van der Waals surface area contributed by atoms with Crippen molar-refractivity contribution >= 4 is 64.0 Å². The zero-order chi connectivity index (χ0) is 84.5. The Morgan fingerprint density at radius 2 is 0.381 bits per heavy atom. The number of aryl methyl sites for hydroxylation is 4. The molecule has 0 N–H and O–H groups in total. The van der Waals surface area contributed by atoms with Crippen LogP contribution in [0, 0.1) is 0 Å². The molecule has 4 aliphatic rings. The average Bonchev–Trinajstić information content (AvgIpc) is 1.57. The topological polar surface area (TPSA) is 310 Å². The summed E-state index contributed by atoms with van der Waals surface area (Å²) in [6, 6.07) is 23.4. The third-order valence-electron chi connectivity index (χ3n) is 23.3. The van der Waals surface area contributed by atoms with Gasteiger partial charge in [-0.3, -0.25) is 0 Å². The normalized spacial score (nSPS) is 17.3. The molecule has 8 rings (SSSR count). The van der Waals surface area contributed by atoms with E-state index in [-0.39, 0.29) is 84.7 Å². The van der Waals surface area contributed by atoms with E-state index in [1.54, 1.807) is 48.5 Å². The first kappa shape index (κ1) is 108. The molecule has 4 atom stereocenters. The standard InChI is InChI=1S/4C23H37NO4S.2Rh/c4*1-2-3-4-5-6-7-8-9-10-11-13-20-15-17-21(18-16-20)29(27,28)24-19-12-14-22(24)23(25)26;;/h4*15-18,22H,2-14,19H2,1H3,(H,25,26);;/q;;;;2*+2/p-4. The summed E-state index contributed by atoms with van der Waals surface area (Å²) in [5.74, 6) is -5.26. The molecule has 0 spiro atoms. The quantitative estimate of drug-likeness (QED) is 0.0293. The summed E-state index contributed by atoms with van der Waals surface area (Å²) >= 11 is 0. The Morgan fingerprint density at radius 3 is 0.517 bits per heavy atom. The van der Waals surface area contributed by atoms with E-state index in [1.807, 2.05) is 48.5 Å². The number of carbonyl (C=O) groups excluding carboxylic acids is 4. The van der Waals surface area contributed by atoms with Crippen LogP contribution in [0.15, 0.2) is 117 Å². The minimum absolute atomic E-state index is 0. The van der Waals surface area contributed by atoms with Crippen molar-refractivity contribution in [2.75, 3.05) is 26.2 Å². The van der Waals surface area contributed by atoms with Crippen LogP contribution in [-0.2, 0) is 124 Å². The van der Waals surface area contributed by atoms with Gasteiger partial charge >= 0.3 is 39.0 Å². The van der Waals surface area contributed by atoms with E-state index < -0.39 is 88.1 Å². The fourth-order valence-corrected chi connectivity index (χ4v) is 22.8. The predicted molar refractivity (Wildman–Crippen MR) is 456 cm³/mol. The van der Waals surface area contributed by atoms with Crippen LogP contribution in [-0.4, -0.2) is 125 Å². The van der Waals surface area contributed by atoms with Gasteiger partial charge in [0.1, 0.15) is 0 Å². The van der Waals surface area contributed by atoms with Crippen molar-refractivity contribution < 1.29 is 112 Å². The number of nitrogens with zero attached hydrogens (tertiary/aromatic N) is 4. The van der Waals surface area contributed by atoms with Crippen LogP contribution in [0.25, 0.3) is 0 Å². The summed E-state index contributed by atoms with van der Waals surface area (Å²) in [6.45, 7) is 9.92. The molecule has 0 aliphatic carbocycles. The number of hydrogen-bond acceptors (Lipinski definition) is 16. The summed E-state index contributed by atoms with van der Waals surface area (Å²) in [5.41, 5.74) is 4.51. The minimum Gasteiger partial charge on any atom is -0.548 e. The summed E-state index contributed by atoms with van der Waals surface area (Å²) in [4.78, 5) is 45.5. The molecule has 4 fully saturated rings. The molecule has 4 unspecified atom stereocenters. The van der Waals surface area contributed by atoms with Crippen LogP contribution >= 0.6 is 0 Å². The first-order chi connectivity index (χ1) is 55.9. The van der Waals surface area contributed by atoms with Crippen LogP contribution < -0.4 is 20.4 Å². The molecule has 4 heterocycles. The molecular weight excluding hydrogens is 1750 g/mol. The summed E-state index contributed by atoms with van der Waals surface area (Å²) < 4.78 is 106. The first-order valence-electron chi connectivity index (χ1n) is 45.1. The first-order valence-corrected chi connectivity index (χ1v) is 50.9. The number of benzene rings is 4. The Hall–Kier alpha value is -4.35. The Labute approximate surface area is 738 Å². The second kappa shape index (κ2) is 61.1. The van der Waals surface area contributed by atoms with Crippen LogP contribution in [0.3, 0.4) is 0 Å². The fourth-order valence-electron chi connectivity index (χ4n) is 16.2. The van der Waals surface area contributed by atoms with Gasteiger partial charge < -0.3 is 39.6 Å². The van der Waals surface area contributed by atoms with E-state index in [0.29, 0.717) is 51.4 Å². The molecule has 4 aromatic carbocycles. The monoisotopic (exact) mass is 1890 g/mol. The van der Waals surface area contributed by atoms with Crippen molar-refractivity contribution in [2.24, 2.45) is 0 Å². The molecule has 4 aliphatic heterocycles. The van der Waals surface area contributed by atoms with Gasteiger partial charge in [-0.2, -0.15) is 17.2 Å². The fraction of sp³-hybridized carbons (Fsp3) is 0.696. The number of rotatable bonds is 56. The zero-order valence-corrected chi connectivity index (χ0v) is 78.3. The number of hydrogen-bond donors (Lipinski definition) is 0. The third kappa shape index (κ3) is 38.8. The summed E-state index contributed by atoms with van der Waals surface area (Å²) in [7, 11) is -15.1. The van der Waals surface area contributed by atoms with E-state index in [0.717, 1.165) is 90.8 Å². The van der Waals surface area contributed by atoms with Crippen molar-refractivity contribution in [1.82, 2.24) is 17.2 Å². The third-order valence-corrected chi connectivity index (χ3v) is 31.0. The Morgan fingerprint density at radius 1 is 0.246 bits per heavy atom. The molecule has 0 amide bonds. The van der Waals surface area contributed by atoms with Gasteiger partial charge in [0, 0.05) is 26.2 Å². The van der Waals surface area contributed by atoms with Gasteiger partial charge in [-0.1, -0.05) is 307 Å². The van der Waals surface area contributed by atoms with Gasteiger partial charge in [0.25, 0.3) is 0 Å². The van der Waals surface area contributed by atoms with Crippen LogP contribution in [0.1, 0.15) is 358 Å². The molecule has 20 nitrogen and oxygen atoms in total. The van der Waals surface area contributed by atoms with Gasteiger partial charge in [0.15, 0.2) is 0 Å². The molecule has 0 saturated carbocycles. The number of carbonyl (C=O) groups is 4. The van der Waals surface area contributed by atoms with E-state index >= 15 is 0 Å². The predicted octanol–water partition coefficient (Wildman–Crippen LogP) is 16.2. The van der Waals surface area contributed by atoms with Gasteiger partial charge in [-0.05, 0) is 174 Å². The van der Waals surface area contributed by atoms with E-state index in [9.17, 15) is 73.3 Å². The summed E-state index contributed by atoms with van der Waals surface area (Å²) in [6.07, 6.45) is 59.1. The van der Waals surface area contributed by atoms with Gasteiger partial charge in [-0.25, -0.2) is 33.7 Å². The van der Waals surface area contributed by atoms with Crippen molar-refractivity contribution in [3.8, 4) is 0 Å². The molecule has 26 heteroatoms. The maximum absolute atomic E-state index is 12.7. The molecule has 0 bridgehead atoms. The molecular formula is C92H144N4O16Rh2S4. The maximum Gasteiger partial charge on any atom is 2.00 e. The van der Waals surface area contributed by atoms with Crippen molar-refractivity contribution in [3.63, 3.8) is 0 Å².